The molecule has 0 aromatic carbocycles. The number of carbonyl (C=O) groups is 3. The Labute approximate surface area is 95.2 Å². The Balaban J connectivity index is 2.54. The Morgan fingerprint density at radius 3 is 2.81 bits per heavy atom. The van der Waals surface area contributed by atoms with E-state index in [-0.39, 0.29) is 12.8 Å². The SMILES string of the molecule is O=NN(CCl)C(=O)NC1CCC(=O)NC1=O. The van der Waals surface area contributed by atoms with E-state index in [4.69, 9.17) is 11.6 Å². The van der Waals surface area contributed by atoms with Crippen molar-refractivity contribution in [2.24, 2.45) is 5.29 Å². The second kappa shape index (κ2) is 5.40. The smallest absolute Gasteiger partial charge is 0.325 e. The number of alkyl halides is 1. The predicted octanol–water partition coefficient (Wildman–Crippen LogP) is -0.319. The van der Waals surface area contributed by atoms with Crippen LogP contribution in [0.1, 0.15) is 12.8 Å². The van der Waals surface area contributed by atoms with Crippen LogP contribution in [0.4, 0.5) is 4.79 Å². The van der Waals surface area contributed by atoms with E-state index in [1.807, 2.05) is 0 Å². The summed E-state index contributed by atoms with van der Waals surface area (Å²) >= 11 is 5.26. The fourth-order valence-corrected chi connectivity index (χ4v) is 1.32. The van der Waals surface area contributed by atoms with Crippen molar-refractivity contribution in [2.75, 3.05) is 6.00 Å². The highest BCUT2D eigenvalue weighted by Crippen LogP contribution is 2.05. The number of urea groups is 1. The number of nitrogens with one attached hydrogen (secondary N) is 2. The van der Waals surface area contributed by atoms with Gasteiger partial charge in [0.1, 0.15) is 12.0 Å². The molecule has 0 radical (unpaired) electrons. The molecule has 9 heteroatoms. The van der Waals surface area contributed by atoms with Gasteiger partial charge in [-0.25, -0.2) is 4.79 Å². The number of carbonyl (C=O) groups excluding carboxylic acids is 3. The molecule has 1 saturated heterocycles. The lowest BCUT2D eigenvalue weighted by Gasteiger charge is -2.22. The van der Waals surface area contributed by atoms with Crippen LogP contribution in [-0.2, 0) is 9.59 Å². The van der Waals surface area contributed by atoms with Gasteiger partial charge in [0.15, 0.2) is 0 Å². The summed E-state index contributed by atoms with van der Waals surface area (Å²) in [6.07, 6.45) is 0.317. The summed E-state index contributed by atoms with van der Waals surface area (Å²) in [5, 5.41) is 7.07. The third-order valence-electron chi connectivity index (χ3n) is 1.98. The molecule has 1 aliphatic rings. The van der Waals surface area contributed by atoms with Crippen molar-refractivity contribution in [2.45, 2.75) is 18.9 Å². The van der Waals surface area contributed by atoms with E-state index in [1.165, 1.54) is 0 Å². The van der Waals surface area contributed by atoms with E-state index in [1.54, 1.807) is 0 Å². The Morgan fingerprint density at radius 2 is 2.31 bits per heavy atom. The minimum absolute atomic E-state index is 0.131. The van der Waals surface area contributed by atoms with Gasteiger partial charge in [0, 0.05) is 6.42 Å². The van der Waals surface area contributed by atoms with Crippen LogP contribution in [0.15, 0.2) is 5.29 Å². The van der Waals surface area contributed by atoms with Crippen LogP contribution in [0.5, 0.6) is 0 Å². The van der Waals surface area contributed by atoms with Crippen molar-refractivity contribution < 1.29 is 14.4 Å². The molecule has 0 bridgehead atoms. The molecular weight excluding hydrogens is 240 g/mol. The number of amides is 4. The first-order chi connectivity index (χ1) is 7.58. The average molecular weight is 249 g/mol. The van der Waals surface area contributed by atoms with Crippen LogP contribution in [0.3, 0.4) is 0 Å². The summed E-state index contributed by atoms with van der Waals surface area (Å²) in [7, 11) is 0. The molecule has 16 heavy (non-hydrogen) atoms. The lowest BCUT2D eigenvalue weighted by molar-refractivity contribution is -0.134. The largest absolute Gasteiger partial charge is 0.342 e. The van der Waals surface area contributed by atoms with Crippen molar-refractivity contribution in [3.63, 3.8) is 0 Å². The van der Waals surface area contributed by atoms with Gasteiger partial charge in [-0.2, -0.15) is 5.01 Å². The van der Waals surface area contributed by atoms with Gasteiger partial charge >= 0.3 is 6.03 Å². The fourth-order valence-electron chi connectivity index (χ4n) is 1.17. The first-order valence-electron chi connectivity index (χ1n) is 4.39. The monoisotopic (exact) mass is 248 g/mol. The van der Waals surface area contributed by atoms with E-state index in [0.717, 1.165) is 0 Å². The zero-order valence-corrected chi connectivity index (χ0v) is 8.86. The van der Waals surface area contributed by atoms with Gasteiger partial charge in [-0.05, 0) is 6.42 Å². The molecule has 4 amide bonds. The van der Waals surface area contributed by atoms with Gasteiger partial charge in [-0.3, -0.25) is 14.9 Å². The van der Waals surface area contributed by atoms with Crippen LogP contribution in [0.25, 0.3) is 0 Å². The maximum Gasteiger partial charge on any atom is 0.342 e. The number of hydrogen-bond donors (Lipinski definition) is 2. The summed E-state index contributed by atoms with van der Waals surface area (Å²) in [6, 6.07) is -2.14. The van der Waals surface area contributed by atoms with Crippen molar-refractivity contribution in [3.05, 3.63) is 4.91 Å². The molecule has 0 aliphatic carbocycles. The van der Waals surface area contributed by atoms with Crippen molar-refractivity contribution in [1.82, 2.24) is 15.6 Å². The molecule has 0 aromatic rings. The highest BCUT2D eigenvalue weighted by atomic mass is 35.5. The number of rotatable bonds is 3. The summed E-state index contributed by atoms with van der Waals surface area (Å²) < 4.78 is 0. The number of nitrogens with zero attached hydrogens (tertiary/aromatic N) is 2. The van der Waals surface area contributed by atoms with E-state index in [0.29, 0.717) is 5.01 Å². The minimum Gasteiger partial charge on any atom is -0.325 e. The Bertz CT molecular complexity index is 334. The third kappa shape index (κ3) is 2.89. The first kappa shape index (κ1) is 12.4. The van der Waals surface area contributed by atoms with Crippen molar-refractivity contribution >= 4 is 29.4 Å². The van der Waals surface area contributed by atoms with Gasteiger partial charge in [-0.1, -0.05) is 0 Å². The van der Waals surface area contributed by atoms with Gasteiger partial charge in [0.2, 0.25) is 11.8 Å². The van der Waals surface area contributed by atoms with Crippen LogP contribution >= 0.6 is 11.6 Å². The van der Waals surface area contributed by atoms with E-state index in [2.05, 4.69) is 15.9 Å². The highest BCUT2D eigenvalue weighted by Gasteiger charge is 2.29. The first-order valence-corrected chi connectivity index (χ1v) is 4.93. The van der Waals surface area contributed by atoms with E-state index in [9.17, 15) is 19.3 Å². The molecule has 1 atom stereocenters. The zero-order valence-electron chi connectivity index (χ0n) is 8.10. The van der Waals surface area contributed by atoms with Crippen LogP contribution in [0.2, 0.25) is 0 Å². The molecule has 1 aliphatic heterocycles. The van der Waals surface area contributed by atoms with Gasteiger partial charge < -0.3 is 5.32 Å². The molecule has 1 unspecified atom stereocenters. The molecular formula is C7H9ClN4O4. The zero-order chi connectivity index (χ0) is 12.1. The van der Waals surface area contributed by atoms with Crippen molar-refractivity contribution in [1.29, 1.82) is 0 Å². The quantitative estimate of drug-likeness (QED) is 0.235. The van der Waals surface area contributed by atoms with Gasteiger partial charge in [-0.15, -0.1) is 16.5 Å². The maximum atomic E-state index is 11.3. The van der Waals surface area contributed by atoms with E-state index < -0.39 is 29.9 Å². The molecule has 8 nitrogen and oxygen atoms in total. The summed E-state index contributed by atoms with van der Waals surface area (Å²) in [6.45, 7) is 0. The molecule has 0 aromatic heterocycles. The lowest BCUT2D eigenvalue weighted by atomic mass is 10.1. The van der Waals surface area contributed by atoms with Crippen molar-refractivity contribution in [3.8, 4) is 0 Å². The molecule has 0 spiro atoms. The second-order valence-corrected chi connectivity index (χ2v) is 3.29. The topological polar surface area (TPSA) is 108 Å². The molecule has 0 saturated carbocycles. The highest BCUT2D eigenvalue weighted by molar-refractivity contribution is 6.18. The van der Waals surface area contributed by atoms with Gasteiger partial charge in [0.05, 0.1) is 5.29 Å². The lowest BCUT2D eigenvalue weighted by Crippen LogP contribution is -2.54. The maximum absolute atomic E-state index is 11.3. The van der Waals surface area contributed by atoms with Gasteiger partial charge in [0.25, 0.3) is 0 Å². The third-order valence-corrected chi connectivity index (χ3v) is 2.21. The van der Waals surface area contributed by atoms with Crippen LogP contribution in [-0.4, -0.2) is 34.9 Å². The summed E-state index contributed by atoms with van der Waals surface area (Å²) in [5.74, 6) is -0.997. The minimum atomic E-state index is -0.875. The number of nitroso groups, excluding NO2 is 1. The number of imide groups is 1. The Morgan fingerprint density at radius 1 is 1.62 bits per heavy atom. The van der Waals surface area contributed by atoms with E-state index >= 15 is 0 Å². The normalized spacial score (nSPS) is 19.9. The summed E-state index contributed by atoms with van der Waals surface area (Å²) in [4.78, 5) is 43.4. The van der Waals surface area contributed by atoms with Crippen LogP contribution in [0, 0.1) is 4.91 Å². The predicted molar refractivity (Wildman–Crippen MR) is 53.1 cm³/mol. The summed E-state index contributed by atoms with van der Waals surface area (Å²) in [5.41, 5.74) is 0. The molecule has 2 N–H and O–H groups in total. The molecule has 1 heterocycles. The van der Waals surface area contributed by atoms with Crippen LogP contribution < -0.4 is 10.6 Å². The Kier molecular flexibility index (Phi) is 4.18. The second-order valence-electron chi connectivity index (χ2n) is 3.05. The number of piperidine rings is 1. The number of halogens is 1. The molecule has 1 rings (SSSR count). The molecule has 88 valence electrons. The fraction of sp³-hybridized carbons (Fsp3) is 0.571. The molecule has 1 fully saturated rings. The number of hydrogen-bond acceptors (Lipinski definition) is 5. The standard InChI is InChI=1S/C7H9ClN4O4/c8-3-12(11-16)7(15)9-4-1-2-5(13)10-6(4)14/h4H,1-3H2,(H,9,15)(H,10,13,14). The Hall–Kier alpha value is -1.70. The average Bonchev–Trinajstić information content (AvgIpc) is 2.24.